The van der Waals surface area contributed by atoms with Crippen molar-refractivity contribution >= 4 is 12.6 Å². The molecule has 0 N–H and O–H groups in total. The fraction of sp³-hybridized carbons (Fsp3) is 0.500. The van der Waals surface area contributed by atoms with Crippen molar-refractivity contribution in [3.05, 3.63) is 29.3 Å². The molecule has 0 spiro atoms. The van der Waals surface area contributed by atoms with Gasteiger partial charge in [-0.15, -0.1) is 12.6 Å². The van der Waals surface area contributed by atoms with Crippen molar-refractivity contribution in [2.75, 3.05) is 0 Å². The summed E-state index contributed by atoms with van der Waals surface area (Å²) in [4.78, 5) is 1.16. The van der Waals surface area contributed by atoms with Crippen LogP contribution in [0, 0.1) is 0 Å². The summed E-state index contributed by atoms with van der Waals surface area (Å²) in [6.45, 7) is 4.44. The topological polar surface area (TPSA) is 0 Å². The van der Waals surface area contributed by atoms with Crippen molar-refractivity contribution in [2.45, 2.75) is 44.4 Å². The van der Waals surface area contributed by atoms with Crippen LogP contribution in [-0.4, -0.2) is 0 Å². The van der Waals surface area contributed by atoms with Crippen LogP contribution in [0.5, 0.6) is 0 Å². The van der Waals surface area contributed by atoms with Gasteiger partial charge in [0.15, 0.2) is 0 Å². The zero-order chi connectivity index (χ0) is 9.68. The molecule has 0 aliphatic heterocycles. The van der Waals surface area contributed by atoms with Crippen molar-refractivity contribution < 1.29 is 0 Å². The van der Waals surface area contributed by atoms with Gasteiger partial charge in [0.05, 0.1) is 0 Å². The van der Waals surface area contributed by atoms with Crippen LogP contribution in [0.4, 0.5) is 0 Å². The molecule has 0 nitrogen and oxygen atoms in total. The van der Waals surface area contributed by atoms with E-state index >= 15 is 0 Å². The lowest BCUT2D eigenvalue weighted by molar-refractivity contribution is 0.844. The number of benzene rings is 1. The number of hydrogen-bond donors (Lipinski definition) is 1. The van der Waals surface area contributed by atoms with Crippen molar-refractivity contribution in [3.63, 3.8) is 0 Å². The van der Waals surface area contributed by atoms with E-state index in [2.05, 4.69) is 44.7 Å². The van der Waals surface area contributed by atoms with Gasteiger partial charge in [-0.1, -0.05) is 38.8 Å². The highest BCUT2D eigenvalue weighted by Gasteiger charge is 2.03. The highest BCUT2D eigenvalue weighted by Crippen LogP contribution is 2.21. The van der Waals surface area contributed by atoms with Crippen LogP contribution in [0.3, 0.4) is 0 Å². The zero-order valence-electron chi connectivity index (χ0n) is 8.51. The molecule has 1 heteroatoms. The first-order chi connectivity index (χ1) is 6.29. The van der Waals surface area contributed by atoms with Crippen molar-refractivity contribution in [1.29, 1.82) is 0 Å². The largest absolute Gasteiger partial charge is 0.143 e. The molecule has 0 aliphatic rings. The minimum Gasteiger partial charge on any atom is -0.143 e. The Bertz CT molecular complexity index is 266. The quantitative estimate of drug-likeness (QED) is 0.691. The average molecular weight is 194 g/mol. The van der Waals surface area contributed by atoms with E-state index in [0.717, 1.165) is 11.3 Å². The van der Waals surface area contributed by atoms with Gasteiger partial charge >= 0.3 is 0 Å². The van der Waals surface area contributed by atoms with E-state index in [1.165, 1.54) is 30.4 Å². The summed E-state index contributed by atoms with van der Waals surface area (Å²) in [6.07, 6.45) is 4.76. The standard InChI is InChI=1S/C12H18S/c1-3-6-10-8-5-9-12(13)11(10)7-4-2/h5,8-9,13H,3-4,6-7H2,1-2H3. The summed E-state index contributed by atoms with van der Waals surface area (Å²) in [5.74, 6) is 0. The van der Waals surface area contributed by atoms with Gasteiger partial charge < -0.3 is 0 Å². The van der Waals surface area contributed by atoms with Gasteiger partial charge in [-0.3, -0.25) is 0 Å². The van der Waals surface area contributed by atoms with Gasteiger partial charge in [0.2, 0.25) is 0 Å². The molecular weight excluding hydrogens is 176 g/mol. The second-order valence-electron chi connectivity index (χ2n) is 3.41. The third kappa shape index (κ3) is 2.77. The SMILES string of the molecule is CCCc1cccc(S)c1CCC. The molecule has 0 bridgehead atoms. The van der Waals surface area contributed by atoms with Crippen LogP contribution in [0.2, 0.25) is 0 Å². The Morgan fingerprint density at radius 1 is 1.08 bits per heavy atom. The predicted octanol–water partition coefficient (Wildman–Crippen LogP) is 3.88. The van der Waals surface area contributed by atoms with Crippen LogP contribution >= 0.6 is 12.6 Å². The van der Waals surface area contributed by atoms with Crippen molar-refractivity contribution in [2.24, 2.45) is 0 Å². The molecule has 0 radical (unpaired) electrons. The molecule has 72 valence electrons. The summed E-state index contributed by atoms with van der Waals surface area (Å²) in [7, 11) is 0. The Labute approximate surface area is 86.8 Å². The Balaban J connectivity index is 2.95. The number of hydrogen-bond acceptors (Lipinski definition) is 1. The molecule has 0 saturated carbocycles. The summed E-state index contributed by atoms with van der Waals surface area (Å²) in [5, 5.41) is 0. The van der Waals surface area contributed by atoms with E-state index in [1.54, 1.807) is 0 Å². The summed E-state index contributed by atoms with van der Waals surface area (Å²) < 4.78 is 0. The maximum absolute atomic E-state index is 4.49. The summed E-state index contributed by atoms with van der Waals surface area (Å²) in [6, 6.07) is 6.42. The van der Waals surface area contributed by atoms with E-state index in [-0.39, 0.29) is 0 Å². The van der Waals surface area contributed by atoms with E-state index in [9.17, 15) is 0 Å². The zero-order valence-corrected chi connectivity index (χ0v) is 9.40. The highest BCUT2D eigenvalue weighted by atomic mass is 32.1. The van der Waals surface area contributed by atoms with Gasteiger partial charge in [0.25, 0.3) is 0 Å². The fourth-order valence-corrected chi connectivity index (χ4v) is 2.00. The molecule has 0 saturated heterocycles. The summed E-state index contributed by atoms with van der Waals surface area (Å²) in [5.41, 5.74) is 2.94. The Morgan fingerprint density at radius 2 is 1.77 bits per heavy atom. The van der Waals surface area contributed by atoms with E-state index < -0.39 is 0 Å². The molecule has 1 aromatic rings. The third-order valence-corrected chi connectivity index (χ3v) is 2.69. The predicted molar refractivity (Wildman–Crippen MR) is 61.7 cm³/mol. The second-order valence-corrected chi connectivity index (χ2v) is 3.90. The van der Waals surface area contributed by atoms with Gasteiger partial charge in [0, 0.05) is 4.90 Å². The second kappa shape index (κ2) is 5.33. The number of thiol groups is 1. The lowest BCUT2D eigenvalue weighted by Gasteiger charge is -2.10. The van der Waals surface area contributed by atoms with Gasteiger partial charge in [-0.2, -0.15) is 0 Å². The normalized spacial score (nSPS) is 10.4. The van der Waals surface area contributed by atoms with Crippen molar-refractivity contribution in [1.82, 2.24) is 0 Å². The molecule has 0 aromatic heterocycles. The molecule has 0 heterocycles. The first kappa shape index (κ1) is 10.6. The number of rotatable bonds is 4. The minimum absolute atomic E-state index is 1.16. The summed E-state index contributed by atoms with van der Waals surface area (Å²) >= 11 is 4.49. The van der Waals surface area contributed by atoms with E-state index in [0.29, 0.717) is 0 Å². The van der Waals surface area contributed by atoms with Crippen LogP contribution in [0.25, 0.3) is 0 Å². The number of aryl methyl sites for hydroxylation is 1. The minimum atomic E-state index is 1.16. The fourth-order valence-electron chi connectivity index (χ4n) is 1.66. The average Bonchev–Trinajstić information content (AvgIpc) is 2.11. The van der Waals surface area contributed by atoms with Crippen molar-refractivity contribution in [3.8, 4) is 0 Å². The molecule has 0 aliphatic carbocycles. The van der Waals surface area contributed by atoms with Gasteiger partial charge in [-0.25, -0.2) is 0 Å². The lowest BCUT2D eigenvalue weighted by atomic mass is 10.00. The van der Waals surface area contributed by atoms with Crippen LogP contribution in [0.15, 0.2) is 23.1 Å². The van der Waals surface area contributed by atoms with E-state index in [1.807, 2.05) is 0 Å². The van der Waals surface area contributed by atoms with E-state index in [4.69, 9.17) is 0 Å². The third-order valence-electron chi connectivity index (χ3n) is 2.27. The first-order valence-electron chi connectivity index (χ1n) is 5.09. The smallest absolute Gasteiger partial charge is 0.00747 e. The molecule has 13 heavy (non-hydrogen) atoms. The molecule has 0 amide bonds. The Hall–Kier alpha value is -0.430. The van der Waals surface area contributed by atoms with Gasteiger partial charge in [0.1, 0.15) is 0 Å². The molecule has 0 fully saturated rings. The van der Waals surface area contributed by atoms with Crippen LogP contribution < -0.4 is 0 Å². The molecule has 1 rings (SSSR count). The maximum atomic E-state index is 4.49. The monoisotopic (exact) mass is 194 g/mol. The molecular formula is C12H18S. The Morgan fingerprint density at radius 3 is 2.38 bits per heavy atom. The molecule has 1 aromatic carbocycles. The molecule has 0 atom stereocenters. The maximum Gasteiger partial charge on any atom is 0.00747 e. The first-order valence-corrected chi connectivity index (χ1v) is 5.54. The molecule has 0 unspecified atom stereocenters. The van der Waals surface area contributed by atoms with Crippen LogP contribution in [0.1, 0.15) is 37.8 Å². The van der Waals surface area contributed by atoms with Gasteiger partial charge in [-0.05, 0) is 30.0 Å². The lowest BCUT2D eigenvalue weighted by Crippen LogP contribution is -1.94. The highest BCUT2D eigenvalue weighted by molar-refractivity contribution is 7.80. The van der Waals surface area contributed by atoms with Crippen LogP contribution in [-0.2, 0) is 12.8 Å². The Kier molecular flexibility index (Phi) is 4.37.